The van der Waals surface area contributed by atoms with Crippen molar-refractivity contribution in [1.29, 1.82) is 0 Å². The van der Waals surface area contributed by atoms with Crippen LogP contribution in [0.3, 0.4) is 0 Å². The molecule has 5 nitrogen and oxygen atoms in total. The Labute approximate surface area is 160 Å². The highest BCUT2D eigenvalue weighted by Gasteiger charge is 2.22. The topological polar surface area (TPSA) is 71.1 Å². The van der Waals surface area contributed by atoms with Gasteiger partial charge in [-0.3, -0.25) is 0 Å². The third-order valence-electron chi connectivity index (χ3n) is 4.27. The maximum atomic E-state index is 12.6. The lowest BCUT2D eigenvalue weighted by atomic mass is 9.98. The SMILES string of the molecule is CC(C)(C)c1nc2ccc(S(=O)(=O)NCC3CCCNC3)cc2s1.Cl. The molecule has 0 saturated carbocycles. The highest BCUT2D eigenvalue weighted by Crippen LogP contribution is 2.32. The summed E-state index contributed by atoms with van der Waals surface area (Å²) in [6, 6.07) is 5.19. The summed E-state index contributed by atoms with van der Waals surface area (Å²) in [6.45, 7) is 8.74. The molecule has 1 saturated heterocycles. The fourth-order valence-corrected chi connectivity index (χ4v) is 5.08. The molecule has 25 heavy (non-hydrogen) atoms. The van der Waals surface area contributed by atoms with Gasteiger partial charge in [-0.05, 0) is 50.0 Å². The van der Waals surface area contributed by atoms with Gasteiger partial charge in [-0.25, -0.2) is 18.1 Å². The van der Waals surface area contributed by atoms with Gasteiger partial charge >= 0.3 is 0 Å². The van der Waals surface area contributed by atoms with Crippen LogP contribution >= 0.6 is 23.7 Å². The Bertz CT molecular complexity index is 822. The molecule has 2 aromatic rings. The molecule has 140 valence electrons. The van der Waals surface area contributed by atoms with E-state index in [0.29, 0.717) is 17.4 Å². The predicted molar refractivity (Wildman–Crippen MR) is 106 cm³/mol. The molecule has 0 amide bonds. The summed E-state index contributed by atoms with van der Waals surface area (Å²) in [7, 11) is -3.48. The van der Waals surface area contributed by atoms with Crippen LogP contribution < -0.4 is 10.0 Å². The minimum absolute atomic E-state index is 0. The van der Waals surface area contributed by atoms with E-state index < -0.39 is 10.0 Å². The number of benzene rings is 1. The minimum atomic E-state index is -3.48. The lowest BCUT2D eigenvalue weighted by Crippen LogP contribution is -2.38. The molecule has 2 N–H and O–H groups in total. The van der Waals surface area contributed by atoms with Gasteiger partial charge in [-0.1, -0.05) is 20.8 Å². The summed E-state index contributed by atoms with van der Waals surface area (Å²) < 4.78 is 28.8. The second kappa shape index (κ2) is 7.88. The van der Waals surface area contributed by atoms with Gasteiger partial charge in [0.1, 0.15) is 0 Å². The summed E-state index contributed by atoms with van der Waals surface area (Å²) in [5.41, 5.74) is 0.829. The van der Waals surface area contributed by atoms with Crippen molar-refractivity contribution < 1.29 is 8.42 Å². The van der Waals surface area contributed by atoms with Crippen LogP contribution in [0.1, 0.15) is 38.6 Å². The minimum Gasteiger partial charge on any atom is -0.316 e. The number of sulfonamides is 1. The first kappa shape index (κ1) is 20.6. The van der Waals surface area contributed by atoms with Crippen molar-refractivity contribution in [3.8, 4) is 0 Å². The first-order valence-corrected chi connectivity index (χ1v) is 10.7. The van der Waals surface area contributed by atoms with Crippen molar-refractivity contribution in [2.24, 2.45) is 5.92 Å². The van der Waals surface area contributed by atoms with Crippen LogP contribution in [0.2, 0.25) is 0 Å². The van der Waals surface area contributed by atoms with Crippen LogP contribution in [0.4, 0.5) is 0 Å². The van der Waals surface area contributed by atoms with Gasteiger partial charge in [-0.15, -0.1) is 23.7 Å². The number of nitrogens with zero attached hydrogens (tertiary/aromatic N) is 1. The number of hydrogen-bond donors (Lipinski definition) is 2. The molecule has 1 atom stereocenters. The van der Waals surface area contributed by atoms with Crippen LogP contribution in [0.5, 0.6) is 0 Å². The number of rotatable bonds is 4. The van der Waals surface area contributed by atoms with Crippen LogP contribution in [0.25, 0.3) is 10.2 Å². The molecular weight excluding hydrogens is 378 g/mol. The normalized spacial score (nSPS) is 18.9. The van der Waals surface area contributed by atoms with Gasteiger partial charge in [0.15, 0.2) is 0 Å². The molecule has 1 aliphatic heterocycles. The first-order chi connectivity index (χ1) is 11.3. The zero-order valence-corrected chi connectivity index (χ0v) is 17.3. The highest BCUT2D eigenvalue weighted by atomic mass is 35.5. The molecule has 0 bridgehead atoms. The number of fused-ring (bicyclic) bond motifs is 1. The van der Waals surface area contributed by atoms with Crippen molar-refractivity contribution in [3.05, 3.63) is 23.2 Å². The Hall–Kier alpha value is -0.730. The van der Waals surface area contributed by atoms with Gasteiger partial charge in [0.2, 0.25) is 10.0 Å². The second-order valence-corrected chi connectivity index (χ2v) is 10.3. The average molecular weight is 404 g/mol. The maximum Gasteiger partial charge on any atom is 0.240 e. The first-order valence-electron chi connectivity index (χ1n) is 8.37. The van der Waals surface area contributed by atoms with Gasteiger partial charge < -0.3 is 5.32 Å². The monoisotopic (exact) mass is 403 g/mol. The van der Waals surface area contributed by atoms with Crippen molar-refractivity contribution in [2.45, 2.75) is 43.9 Å². The Balaban J connectivity index is 0.00000225. The van der Waals surface area contributed by atoms with Crippen molar-refractivity contribution in [2.75, 3.05) is 19.6 Å². The summed E-state index contributed by atoms with van der Waals surface area (Å²) >= 11 is 1.57. The fourth-order valence-electron chi connectivity index (χ4n) is 2.80. The highest BCUT2D eigenvalue weighted by molar-refractivity contribution is 7.89. The number of hydrogen-bond acceptors (Lipinski definition) is 5. The Kier molecular flexibility index (Phi) is 6.49. The molecule has 1 aromatic carbocycles. The molecule has 0 aliphatic carbocycles. The molecule has 1 aromatic heterocycles. The molecule has 1 aliphatic rings. The molecule has 0 radical (unpaired) electrons. The van der Waals surface area contributed by atoms with Gasteiger partial charge in [0.05, 0.1) is 20.1 Å². The van der Waals surface area contributed by atoms with Crippen LogP contribution in [0.15, 0.2) is 23.1 Å². The standard InChI is InChI=1S/C17H25N3O2S2.ClH/c1-17(2,3)16-20-14-7-6-13(9-15(14)23-16)24(21,22)19-11-12-5-4-8-18-10-12;/h6-7,9,12,18-19H,4-5,8,10-11H2,1-3H3;1H. The lowest BCUT2D eigenvalue weighted by Gasteiger charge is -2.22. The van der Waals surface area contributed by atoms with Crippen LogP contribution in [0, 0.1) is 5.92 Å². The van der Waals surface area contributed by atoms with Gasteiger partial charge in [0, 0.05) is 12.0 Å². The Morgan fingerprint density at radius 2 is 2.12 bits per heavy atom. The molecular formula is C17H26ClN3O2S2. The van der Waals surface area contributed by atoms with Gasteiger partial charge in [0.25, 0.3) is 0 Å². The van der Waals surface area contributed by atoms with Crippen molar-refractivity contribution in [3.63, 3.8) is 0 Å². The summed E-state index contributed by atoms with van der Waals surface area (Å²) in [5, 5.41) is 4.33. The maximum absolute atomic E-state index is 12.6. The van der Waals surface area contributed by atoms with E-state index in [9.17, 15) is 8.42 Å². The van der Waals surface area contributed by atoms with Gasteiger partial charge in [-0.2, -0.15) is 0 Å². The second-order valence-electron chi connectivity index (χ2n) is 7.46. The van der Waals surface area contributed by atoms with Crippen molar-refractivity contribution in [1.82, 2.24) is 15.0 Å². The third-order valence-corrected chi connectivity index (χ3v) is 7.14. The van der Waals surface area contributed by atoms with E-state index in [-0.39, 0.29) is 17.8 Å². The summed E-state index contributed by atoms with van der Waals surface area (Å²) in [6.07, 6.45) is 2.17. The van der Waals surface area contributed by atoms with Crippen molar-refractivity contribution >= 4 is 44.0 Å². The lowest BCUT2D eigenvalue weighted by molar-refractivity contribution is 0.376. The number of thiazole rings is 1. The molecule has 2 heterocycles. The molecule has 3 rings (SSSR count). The molecule has 1 unspecified atom stereocenters. The summed E-state index contributed by atoms with van der Waals surface area (Å²) in [5.74, 6) is 0.369. The smallest absolute Gasteiger partial charge is 0.240 e. The van der Waals surface area contributed by atoms with E-state index in [4.69, 9.17) is 0 Å². The van der Waals surface area contributed by atoms with E-state index >= 15 is 0 Å². The molecule has 8 heteroatoms. The number of nitrogens with one attached hydrogen (secondary N) is 2. The average Bonchev–Trinajstić information content (AvgIpc) is 2.97. The van der Waals surface area contributed by atoms with Crippen LogP contribution in [-0.2, 0) is 15.4 Å². The zero-order valence-electron chi connectivity index (χ0n) is 14.8. The van der Waals surface area contributed by atoms with E-state index in [2.05, 4.69) is 35.8 Å². The molecule has 0 spiro atoms. The Morgan fingerprint density at radius 3 is 2.76 bits per heavy atom. The summed E-state index contributed by atoms with van der Waals surface area (Å²) in [4.78, 5) is 4.94. The third kappa shape index (κ3) is 4.92. The van der Waals surface area contributed by atoms with E-state index in [1.54, 1.807) is 29.5 Å². The number of piperidine rings is 1. The van der Waals surface area contributed by atoms with E-state index in [1.807, 2.05) is 0 Å². The quantitative estimate of drug-likeness (QED) is 0.821. The Morgan fingerprint density at radius 1 is 1.36 bits per heavy atom. The molecule has 1 fully saturated rings. The zero-order chi connectivity index (χ0) is 17.4. The predicted octanol–water partition coefficient (Wildman–Crippen LogP) is 3.29. The fraction of sp³-hybridized carbons (Fsp3) is 0.588. The van der Waals surface area contributed by atoms with Crippen LogP contribution in [-0.4, -0.2) is 33.0 Å². The number of aromatic nitrogens is 1. The largest absolute Gasteiger partial charge is 0.316 e. The van der Waals surface area contributed by atoms with E-state index in [0.717, 1.165) is 41.2 Å². The van der Waals surface area contributed by atoms with E-state index in [1.165, 1.54) is 0 Å². The number of halogens is 1.